The Morgan fingerprint density at radius 1 is 1.26 bits per heavy atom. The predicted molar refractivity (Wildman–Crippen MR) is 76.4 cm³/mol. The average Bonchev–Trinajstić information content (AvgIpc) is 2.38. The number of carbonyl (C=O) groups excluding carboxylic acids is 1. The number of rotatable bonds is 3. The highest BCUT2D eigenvalue weighted by atomic mass is 79.9. The molecule has 0 radical (unpaired) electrons. The molecule has 98 valence electrons. The van der Waals surface area contributed by atoms with E-state index < -0.39 is 5.82 Å². The Morgan fingerprint density at radius 2 is 2.00 bits per heavy atom. The van der Waals surface area contributed by atoms with E-state index in [1.807, 2.05) is 12.1 Å². The molecule has 0 aliphatic carbocycles. The maximum atomic E-state index is 13.2. The Morgan fingerprint density at radius 3 is 2.68 bits per heavy atom. The lowest BCUT2D eigenvalue weighted by Gasteiger charge is -2.09. The van der Waals surface area contributed by atoms with Gasteiger partial charge in [0.05, 0.1) is 0 Å². The third-order valence-corrected chi connectivity index (χ3v) is 3.07. The first kappa shape index (κ1) is 13.7. The standard InChI is InChI=1S/C14H12BrFN2O/c15-11-5-10(6-12(16)7-11)14(19)18-13-4-2-1-3-9(13)8-17/h1-7H,8,17H2,(H,18,19). The Bertz CT molecular complexity index is 596. The maximum Gasteiger partial charge on any atom is 0.255 e. The first-order valence-electron chi connectivity index (χ1n) is 5.65. The zero-order chi connectivity index (χ0) is 13.8. The van der Waals surface area contributed by atoms with Crippen LogP contribution in [0.2, 0.25) is 0 Å². The molecule has 0 bridgehead atoms. The van der Waals surface area contributed by atoms with E-state index in [4.69, 9.17) is 5.73 Å². The number of para-hydroxylation sites is 1. The van der Waals surface area contributed by atoms with Crippen LogP contribution in [0, 0.1) is 5.82 Å². The van der Waals surface area contributed by atoms with E-state index in [9.17, 15) is 9.18 Å². The number of nitrogens with two attached hydrogens (primary N) is 1. The first-order valence-corrected chi connectivity index (χ1v) is 6.45. The maximum absolute atomic E-state index is 13.2. The van der Waals surface area contributed by atoms with Crippen LogP contribution < -0.4 is 11.1 Å². The molecule has 0 aromatic heterocycles. The van der Waals surface area contributed by atoms with Gasteiger partial charge in [-0.25, -0.2) is 4.39 Å². The highest BCUT2D eigenvalue weighted by Crippen LogP contribution is 2.18. The van der Waals surface area contributed by atoms with Gasteiger partial charge in [-0.3, -0.25) is 4.79 Å². The van der Waals surface area contributed by atoms with Crippen LogP contribution in [0.5, 0.6) is 0 Å². The summed E-state index contributed by atoms with van der Waals surface area (Å²) in [5, 5.41) is 2.73. The van der Waals surface area contributed by atoms with E-state index in [1.54, 1.807) is 18.2 Å². The molecule has 3 N–H and O–H groups in total. The van der Waals surface area contributed by atoms with Crippen LogP contribution in [0.3, 0.4) is 0 Å². The van der Waals surface area contributed by atoms with Crippen LogP contribution in [-0.4, -0.2) is 5.91 Å². The fourth-order valence-corrected chi connectivity index (χ4v) is 2.16. The monoisotopic (exact) mass is 322 g/mol. The van der Waals surface area contributed by atoms with Crippen molar-refractivity contribution in [2.75, 3.05) is 5.32 Å². The molecule has 0 heterocycles. The van der Waals surface area contributed by atoms with E-state index in [0.29, 0.717) is 16.7 Å². The lowest BCUT2D eigenvalue weighted by molar-refractivity contribution is 0.102. The molecule has 0 saturated carbocycles. The van der Waals surface area contributed by atoms with Crippen molar-refractivity contribution in [1.82, 2.24) is 0 Å². The Kier molecular flexibility index (Phi) is 4.29. The zero-order valence-corrected chi connectivity index (χ0v) is 11.6. The van der Waals surface area contributed by atoms with Gasteiger partial charge >= 0.3 is 0 Å². The minimum atomic E-state index is -0.466. The van der Waals surface area contributed by atoms with Crippen LogP contribution in [0.15, 0.2) is 46.9 Å². The van der Waals surface area contributed by atoms with Crippen LogP contribution in [-0.2, 0) is 6.54 Å². The minimum Gasteiger partial charge on any atom is -0.326 e. The fourth-order valence-electron chi connectivity index (χ4n) is 1.70. The summed E-state index contributed by atoms with van der Waals surface area (Å²) in [5.74, 6) is -0.840. The lowest BCUT2D eigenvalue weighted by atomic mass is 10.1. The SMILES string of the molecule is NCc1ccccc1NC(=O)c1cc(F)cc(Br)c1. The zero-order valence-electron chi connectivity index (χ0n) is 9.99. The summed E-state index contributed by atoms with van der Waals surface area (Å²) < 4.78 is 13.8. The fraction of sp³-hybridized carbons (Fsp3) is 0.0714. The molecule has 0 aliphatic rings. The van der Waals surface area contributed by atoms with Gasteiger partial charge in [-0.1, -0.05) is 34.1 Å². The second-order valence-corrected chi connectivity index (χ2v) is 4.89. The van der Waals surface area contributed by atoms with Crippen molar-refractivity contribution in [3.63, 3.8) is 0 Å². The van der Waals surface area contributed by atoms with Crippen molar-refractivity contribution in [3.8, 4) is 0 Å². The predicted octanol–water partition coefficient (Wildman–Crippen LogP) is 3.30. The number of amides is 1. The summed E-state index contributed by atoms with van der Waals surface area (Å²) in [4.78, 5) is 12.0. The van der Waals surface area contributed by atoms with Crippen molar-refractivity contribution in [1.29, 1.82) is 0 Å². The Labute approximate surface area is 118 Å². The van der Waals surface area contributed by atoms with Gasteiger partial charge < -0.3 is 11.1 Å². The second kappa shape index (κ2) is 5.95. The van der Waals surface area contributed by atoms with Crippen LogP contribution >= 0.6 is 15.9 Å². The Hall–Kier alpha value is -1.72. The molecular weight excluding hydrogens is 311 g/mol. The summed E-state index contributed by atoms with van der Waals surface area (Å²) >= 11 is 3.15. The molecule has 0 aliphatic heterocycles. The van der Waals surface area contributed by atoms with Crippen LogP contribution in [0.1, 0.15) is 15.9 Å². The summed E-state index contributed by atoms with van der Waals surface area (Å²) in [6, 6.07) is 11.3. The Balaban J connectivity index is 2.25. The van der Waals surface area contributed by atoms with Gasteiger partial charge in [-0.2, -0.15) is 0 Å². The molecule has 2 rings (SSSR count). The summed E-state index contributed by atoms with van der Waals surface area (Å²) in [7, 11) is 0. The quantitative estimate of drug-likeness (QED) is 0.911. The minimum absolute atomic E-state index is 0.249. The molecule has 0 saturated heterocycles. The molecule has 2 aromatic rings. The number of anilines is 1. The van der Waals surface area contributed by atoms with E-state index in [-0.39, 0.29) is 11.5 Å². The van der Waals surface area contributed by atoms with Gasteiger partial charge in [0.15, 0.2) is 0 Å². The van der Waals surface area contributed by atoms with Crippen molar-refractivity contribution in [2.45, 2.75) is 6.54 Å². The van der Waals surface area contributed by atoms with Gasteiger partial charge in [0, 0.05) is 22.3 Å². The van der Waals surface area contributed by atoms with E-state index in [1.165, 1.54) is 12.1 Å². The van der Waals surface area contributed by atoms with Crippen LogP contribution in [0.25, 0.3) is 0 Å². The van der Waals surface area contributed by atoms with Gasteiger partial charge in [0.2, 0.25) is 0 Å². The largest absolute Gasteiger partial charge is 0.326 e. The van der Waals surface area contributed by atoms with Crippen molar-refractivity contribution >= 4 is 27.5 Å². The number of carbonyl (C=O) groups is 1. The smallest absolute Gasteiger partial charge is 0.255 e. The number of hydrogen-bond donors (Lipinski definition) is 2. The molecule has 0 atom stereocenters. The molecule has 0 spiro atoms. The summed E-state index contributed by atoms with van der Waals surface area (Å²) in [6.45, 7) is 0.323. The third kappa shape index (κ3) is 3.39. The molecule has 1 amide bonds. The summed E-state index contributed by atoms with van der Waals surface area (Å²) in [5.41, 5.74) is 7.30. The molecule has 3 nitrogen and oxygen atoms in total. The number of benzene rings is 2. The van der Waals surface area contributed by atoms with Crippen molar-refractivity contribution in [3.05, 3.63) is 63.9 Å². The lowest BCUT2D eigenvalue weighted by Crippen LogP contribution is -2.14. The molecule has 0 fully saturated rings. The molecule has 19 heavy (non-hydrogen) atoms. The molecule has 5 heteroatoms. The van der Waals surface area contributed by atoms with Gasteiger partial charge in [-0.15, -0.1) is 0 Å². The summed E-state index contributed by atoms with van der Waals surface area (Å²) in [6.07, 6.45) is 0. The normalized spacial score (nSPS) is 10.3. The van der Waals surface area contributed by atoms with E-state index in [0.717, 1.165) is 5.56 Å². The number of halogens is 2. The number of nitrogens with one attached hydrogen (secondary N) is 1. The average molecular weight is 323 g/mol. The van der Waals surface area contributed by atoms with Crippen molar-refractivity contribution in [2.24, 2.45) is 5.73 Å². The van der Waals surface area contributed by atoms with Gasteiger partial charge in [0.25, 0.3) is 5.91 Å². The molecular formula is C14H12BrFN2O. The molecule has 0 unspecified atom stereocenters. The second-order valence-electron chi connectivity index (χ2n) is 3.97. The van der Waals surface area contributed by atoms with E-state index in [2.05, 4.69) is 21.2 Å². The number of hydrogen-bond acceptors (Lipinski definition) is 2. The van der Waals surface area contributed by atoms with E-state index >= 15 is 0 Å². The van der Waals surface area contributed by atoms with Gasteiger partial charge in [-0.05, 0) is 29.8 Å². The van der Waals surface area contributed by atoms with Crippen LogP contribution in [0.4, 0.5) is 10.1 Å². The topological polar surface area (TPSA) is 55.1 Å². The van der Waals surface area contributed by atoms with Gasteiger partial charge in [0.1, 0.15) is 5.82 Å². The molecule has 2 aromatic carbocycles. The van der Waals surface area contributed by atoms with Crippen molar-refractivity contribution < 1.29 is 9.18 Å². The first-order chi connectivity index (χ1) is 9.10. The third-order valence-electron chi connectivity index (χ3n) is 2.61. The highest BCUT2D eigenvalue weighted by Gasteiger charge is 2.10. The highest BCUT2D eigenvalue weighted by molar-refractivity contribution is 9.10.